The van der Waals surface area contributed by atoms with Crippen LogP contribution in [0.5, 0.6) is 0 Å². The van der Waals surface area contributed by atoms with E-state index in [4.69, 9.17) is 0 Å². The van der Waals surface area contributed by atoms with Crippen LogP contribution in [-0.2, 0) is 37.5 Å². The fourth-order valence-corrected chi connectivity index (χ4v) is 0.238. The number of rotatable bonds is 3. The number of carbonyl (C=O) groups excluding carboxylic acids is 1. The fraction of sp³-hybridized carbons (Fsp3) is 0.600. The average molecular weight is 203 g/mol. The molecule has 0 aromatic rings. The van der Waals surface area contributed by atoms with Gasteiger partial charge in [-0.3, -0.25) is 0 Å². The summed E-state index contributed by atoms with van der Waals surface area (Å²) in [6, 6.07) is 0. The van der Waals surface area contributed by atoms with Crippen LogP contribution >= 0.6 is 0 Å². The molecule has 4 heteroatoms. The first-order valence-electron chi connectivity index (χ1n) is 2.36. The van der Waals surface area contributed by atoms with Gasteiger partial charge in [-0.2, -0.15) is 6.92 Å². The summed E-state index contributed by atoms with van der Waals surface area (Å²) in [4.78, 5) is 9.84. The molecule has 0 aromatic heterocycles. The molecule has 0 N–H and O–H groups in total. The molecule has 0 saturated heterocycles. The van der Waals surface area contributed by atoms with E-state index in [9.17, 15) is 4.79 Å². The van der Waals surface area contributed by atoms with Crippen LogP contribution in [0.25, 0.3) is 0 Å². The van der Waals surface area contributed by atoms with Crippen LogP contribution in [0, 0.1) is 6.54 Å². The molecule has 9 heavy (non-hydrogen) atoms. The minimum atomic E-state index is 0. The third-order valence-corrected chi connectivity index (χ3v) is 0.979. The second-order valence-corrected chi connectivity index (χ2v) is 1.45. The standard InChI is InChI=1S/C5H10N2O.Y/c1-4-6(2)7(3)5-8;/h4H,1-3H3;/q-2;. The van der Waals surface area contributed by atoms with Gasteiger partial charge in [0.15, 0.2) is 0 Å². The van der Waals surface area contributed by atoms with E-state index in [0.29, 0.717) is 0 Å². The maximum Gasteiger partial charge on any atom is 0 e. The second kappa shape index (κ2) is 6.65. The number of hydrogen-bond donors (Lipinski definition) is 0. The van der Waals surface area contributed by atoms with Gasteiger partial charge in [-0.25, -0.2) is 6.54 Å². The predicted molar refractivity (Wildman–Crippen MR) is 31.2 cm³/mol. The topological polar surface area (TPSA) is 23.6 Å². The number of hydrogen-bond acceptors (Lipinski definition) is 2. The molecule has 0 aliphatic rings. The molecule has 0 spiro atoms. The maximum absolute atomic E-state index is 9.84. The molecular weight excluding hydrogens is 193 g/mol. The molecule has 0 unspecified atom stereocenters. The second-order valence-electron chi connectivity index (χ2n) is 1.45. The zero-order valence-corrected chi connectivity index (χ0v) is 8.80. The Morgan fingerprint density at radius 2 is 1.89 bits per heavy atom. The molecule has 0 aliphatic heterocycles. The SMILES string of the molecule is C[CH-]N(C)N(C)[C-]=O.[Y]. The Morgan fingerprint density at radius 1 is 1.44 bits per heavy atom. The van der Waals surface area contributed by atoms with E-state index in [-0.39, 0.29) is 32.7 Å². The Hall–Kier alpha value is 0.534. The van der Waals surface area contributed by atoms with Gasteiger partial charge in [-0.15, -0.1) is 6.41 Å². The molecule has 0 heterocycles. The molecule has 0 atom stereocenters. The summed E-state index contributed by atoms with van der Waals surface area (Å²) in [7, 11) is 3.40. The first-order chi connectivity index (χ1) is 3.72. The minimum Gasteiger partial charge on any atom is -0.518 e. The summed E-state index contributed by atoms with van der Waals surface area (Å²) in [5.41, 5.74) is 0. The monoisotopic (exact) mass is 203 g/mol. The minimum absolute atomic E-state index is 0. The van der Waals surface area contributed by atoms with Gasteiger partial charge < -0.3 is 14.8 Å². The molecule has 0 bridgehead atoms. The summed E-state index contributed by atoms with van der Waals surface area (Å²) in [5.74, 6) is 0. The molecular formula is C5H10N2OY-2. The van der Waals surface area contributed by atoms with Gasteiger partial charge in [0.05, 0.1) is 0 Å². The first kappa shape index (κ1) is 12.2. The van der Waals surface area contributed by atoms with Gasteiger partial charge in [0.1, 0.15) is 0 Å². The molecule has 1 amide bonds. The Bertz CT molecular complexity index is 79.4. The summed E-state index contributed by atoms with van der Waals surface area (Å²) in [5, 5.41) is 2.95. The largest absolute Gasteiger partial charge is 0.518 e. The van der Waals surface area contributed by atoms with Gasteiger partial charge >= 0.3 is 0 Å². The Labute approximate surface area is 81.2 Å². The van der Waals surface area contributed by atoms with E-state index in [1.807, 2.05) is 6.92 Å². The smallest absolute Gasteiger partial charge is 0 e. The quantitative estimate of drug-likeness (QED) is 0.366. The van der Waals surface area contributed by atoms with Gasteiger partial charge in [-0.1, -0.05) is 0 Å². The number of hydrazine groups is 1. The summed E-state index contributed by atoms with van der Waals surface area (Å²) in [6.45, 7) is 3.61. The molecule has 0 aliphatic carbocycles. The van der Waals surface area contributed by atoms with Crippen LogP contribution in [0.2, 0.25) is 0 Å². The van der Waals surface area contributed by atoms with Crippen molar-refractivity contribution in [1.29, 1.82) is 0 Å². The third-order valence-electron chi connectivity index (χ3n) is 0.979. The van der Waals surface area contributed by atoms with Crippen molar-refractivity contribution in [2.45, 2.75) is 6.92 Å². The van der Waals surface area contributed by atoms with E-state index >= 15 is 0 Å². The van der Waals surface area contributed by atoms with Crippen LogP contribution in [0.3, 0.4) is 0 Å². The van der Waals surface area contributed by atoms with Crippen LogP contribution in [0.15, 0.2) is 0 Å². The number of amides is 1. The zero-order chi connectivity index (χ0) is 6.57. The van der Waals surface area contributed by atoms with Crippen LogP contribution in [-0.4, -0.2) is 30.5 Å². The van der Waals surface area contributed by atoms with Crippen molar-refractivity contribution in [2.24, 2.45) is 0 Å². The Balaban J connectivity index is 0. The van der Waals surface area contributed by atoms with Gasteiger partial charge in [0, 0.05) is 32.7 Å². The van der Waals surface area contributed by atoms with E-state index < -0.39 is 0 Å². The van der Waals surface area contributed by atoms with E-state index in [0.717, 1.165) is 0 Å². The maximum atomic E-state index is 9.84. The van der Waals surface area contributed by atoms with Crippen molar-refractivity contribution in [3.8, 4) is 0 Å². The normalized spacial score (nSPS) is 8.44. The summed E-state index contributed by atoms with van der Waals surface area (Å²) in [6.07, 6.45) is 1.69. The first-order valence-corrected chi connectivity index (χ1v) is 2.36. The van der Waals surface area contributed by atoms with Gasteiger partial charge in [0.25, 0.3) is 0 Å². The van der Waals surface area contributed by atoms with E-state index in [2.05, 4.69) is 0 Å². The average Bonchev–Trinajstić information content (AvgIpc) is 1.84. The molecule has 0 fully saturated rings. The van der Waals surface area contributed by atoms with Crippen molar-refractivity contribution >= 4 is 6.41 Å². The van der Waals surface area contributed by atoms with Crippen molar-refractivity contribution in [3.05, 3.63) is 6.54 Å². The van der Waals surface area contributed by atoms with Crippen molar-refractivity contribution in [1.82, 2.24) is 10.0 Å². The Morgan fingerprint density at radius 3 is 2.00 bits per heavy atom. The predicted octanol–water partition coefficient (Wildman–Crippen LogP) is 0.0114. The summed E-state index contributed by atoms with van der Waals surface area (Å²) >= 11 is 0. The fourth-order valence-electron chi connectivity index (χ4n) is 0.238. The molecule has 0 rings (SSSR count). The van der Waals surface area contributed by atoms with Gasteiger partial charge in [0.2, 0.25) is 0 Å². The van der Waals surface area contributed by atoms with E-state index in [1.54, 1.807) is 32.1 Å². The molecule has 0 aromatic carbocycles. The van der Waals surface area contributed by atoms with Crippen LogP contribution in [0.1, 0.15) is 6.92 Å². The number of nitrogens with zero attached hydrogens (tertiary/aromatic N) is 2. The van der Waals surface area contributed by atoms with Crippen molar-refractivity contribution in [2.75, 3.05) is 14.1 Å². The third kappa shape index (κ3) is 5.00. The van der Waals surface area contributed by atoms with Crippen molar-refractivity contribution < 1.29 is 37.5 Å². The van der Waals surface area contributed by atoms with E-state index in [1.165, 1.54) is 5.01 Å². The van der Waals surface area contributed by atoms with Crippen LogP contribution < -0.4 is 0 Å². The molecule has 51 valence electrons. The van der Waals surface area contributed by atoms with Gasteiger partial charge in [-0.05, 0) is 14.1 Å². The Kier molecular flexibility index (Phi) is 9.04. The molecule has 1 radical (unpaired) electrons. The molecule has 3 nitrogen and oxygen atoms in total. The zero-order valence-electron chi connectivity index (χ0n) is 5.96. The summed E-state index contributed by atoms with van der Waals surface area (Å²) < 4.78 is 0. The molecule has 0 saturated carbocycles. The van der Waals surface area contributed by atoms with Crippen molar-refractivity contribution in [3.63, 3.8) is 0 Å². The van der Waals surface area contributed by atoms with Crippen LogP contribution in [0.4, 0.5) is 0 Å².